The van der Waals surface area contributed by atoms with Gasteiger partial charge in [0.2, 0.25) is 6.41 Å². The Bertz CT molecular complexity index is 117. The Labute approximate surface area is 81.3 Å². The van der Waals surface area contributed by atoms with E-state index in [2.05, 4.69) is 6.92 Å². The van der Waals surface area contributed by atoms with Crippen molar-refractivity contribution in [3.63, 3.8) is 0 Å². The quantitative estimate of drug-likeness (QED) is 0.437. The van der Waals surface area contributed by atoms with E-state index in [1.54, 1.807) is 0 Å². The molecule has 0 heterocycles. The second-order valence-electron chi connectivity index (χ2n) is 3.34. The van der Waals surface area contributed by atoms with E-state index in [0.29, 0.717) is 0 Å². The van der Waals surface area contributed by atoms with Gasteiger partial charge in [0, 0.05) is 13.1 Å². The molecule has 0 saturated carbocycles. The Morgan fingerprint density at radius 3 is 2.38 bits per heavy atom. The Morgan fingerprint density at radius 1 is 1.15 bits per heavy atom. The fourth-order valence-electron chi connectivity index (χ4n) is 1.21. The molecular weight excluding hydrogens is 164 g/mol. The van der Waals surface area contributed by atoms with Gasteiger partial charge < -0.3 is 10.6 Å². The lowest BCUT2D eigenvalue weighted by atomic mass is 10.2. The van der Waals surface area contributed by atoms with E-state index in [0.717, 1.165) is 58.1 Å². The van der Waals surface area contributed by atoms with Crippen molar-refractivity contribution in [3.05, 3.63) is 0 Å². The van der Waals surface area contributed by atoms with E-state index in [1.165, 1.54) is 0 Å². The third kappa shape index (κ3) is 7.78. The summed E-state index contributed by atoms with van der Waals surface area (Å²) in [5.74, 6) is 0. The van der Waals surface area contributed by atoms with Gasteiger partial charge in [0.15, 0.2) is 0 Å². The number of nitrogens with zero attached hydrogens (tertiary/aromatic N) is 1. The smallest absolute Gasteiger partial charge is 0.209 e. The molecular formula is C10H22N2O. The van der Waals surface area contributed by atoms with Crippen LogP contribution in [-0.2, 0) is 4.79 Å². The topological polar surface area (TPSA) is 46.3 Å². The molecule has 0 radical (unpaired) electrons. The van der Waals surface area contributed by atoms with E-state index in [9.17, 15) is 4.79 Å². The third-order valence-corrected chi connectivity index (χ3v) is 2.10. The van der Waals surface area contributed by atoms with Crippen LogP contribution in [-0.4, -0.2) is 30.9 Å². The van der Waals surface area contributed by atoms with Crippen molar-refractivity contribution in [3.8, 4) is 0 Å². The zero-order chi connectivity index (χ0) is 9.94. The monoisotopic (exact) mass is 186 g/mol. The molecule has 13 heavy (non-hydrogen) atoms. The lowest BCUT2D eigenvalue weighted by Crippen LogP contribution is -2.24. The van der Waals surface area contributed by atoms with Crippen LogP contribution in [0.25, 0.3) is 0 Å². The van der Waals surface area contributed by atoms with Crippen molar-refractivity contribution in [2.45, 2.75) is 39.0 Å². The minimum atomic E-state index is 0.760. The van der Waals surface area contributed by atoms with Gasteiger partial charge in [-0.1, -0.05) is 19.8 Å². The molecule has 0 aliphatic rings. The van der Waals surface area contributed by atoms with Crippen LogP contribution in [0.15, 0.2) is 0 Å². The first kappa shape index (κ1) is 12.4. The molecule has 0 rings (SSSR count). The summed E-state index contributed by atoms with van der Waals surface area (Å²) >= 11 is 0. The van der Waals surface area contributed by atoms with Gasteiger partial charge in [0.1, 0.15) is 0 Å². The number of amides is 1. The van der Waals surface area contributed by atoms with Gasteiger partial charge in [-0.05, 0) is 25.8 Å². The number of nitrogens with two attached hydrogens (primary N) is 1. The molecule has 3 heteroatoms. The normalized spacial score (nSPS) is 10.0. The van der Waals surface area contributed by atoms with Gasteiger partial charge in [-0.15, -0.1) is 0 Å². The van der Waals surface area contributed by atoms with Crippen LogP contribution in [0.4, 0.5) is 0 Å². The van der Waals surface area contributed by atoms with Crippen molar-refractivity contribution in [1.29, 1.82) is 0 Å². The molecule has 0 fully saturated rings. The maximum absolute atomic E-state index is 10.6. The first-order valence-corrected chi connectivity index (χ1v) is 5.24. The molecule has 0 aliphatic heterocycles. The van der Waals surface area contributed by atoms with Gasteiger partial charge >= 0.3 is 0 Å². The molecule has 0 unspecified atom stereocenters. The van der Waals surface area contributed by atoms with Crippen LogP contribution in [0, 0.1) is 0 Å². The highest BCUT2D eigenvalue weighted by Gasteiger charge is 1.99. The molecule has 2 N–H and O–H groups in total. The molecule has 0 aromatic rings. The minimum absolute atomic E-state index is 0.760. The van der Waals surface area contributed by atoms with Crippen molar-refractivity contribution >= 4 is 6.41 Å². The largest absolute Gasteiger partial charge is 0.345 e. The lowest BCUT2D eigenvalue weighted by Gasteiger charge is -2.16. The van der Waals surface area contributed by atoms with Crippen LogP contribution in [0.5, 0.6) is 0 Å². The lowest BCUT2D eigenvalue weighted by molar-refractivity contribution is -0.118. The van der Waals surface area contributed by atoms with Crippen molar-refractivity contribution < 1.29 is 4.79 Å². The summed E-state index contributed by atoms with van der Waals surface area (Å²) in [4.78, 5) is 12.4. The fourth-order valence-corrected chi connectivity index (χ4v) is 1.21. The molecule has 0 saturated heterocycles. The van der Waals surface area contributed by atoms with E-state index in [1.807, 2.05) is 4.90 Å². The molecule has 0 aliphatic carbocycles. The summed E-state index contributed by atoms with van der Waals surface area (Å²) < 4.78 is 0. The third-order valence-electron chi connectivity index (χ3n) is 2.10. The van der Waals surface area contributed by atoms with Gasteiger partial charge in [-0.25, -0.2) is 0 Å². The summed E-state index contributed by atoms with van der Waals surface area (Å²) in [7, 11) is 0. The Hall–Kier alpha value is -0.570. The van der Waals surface area contributed by atoms with E-state index >= 15 is 0 Å². The average Bonchev–Trinajstić information content (AvgIpc) is 2.17. The summed E-state index contributed by atoms with van der Waals surface area (Å²) in [6.07, 6.45) is 6.49. The average molecular weight is 186 g/mol. The summed E-state index contributed by atoms with van der Waals surface area (Å²) in [5, 5.41) is 0. The zero-order valence-corrected chi connectivity index (χ0v) is 8.67. The predicted octanol–water partition coefficient (Wildman–Crippen LogP) is 1.37. The second kappa shape index (κ2) is 9.52. The maximum atomic E-state index is 10.6. The number of hydrogen-bond donors (Lipinski definition) is 1. The molecule has 3 nitrogen and oxygen atoms in total. The standard InChI is InChI=1S/C10H22N2O/c1-2-3-8-12(10-13)9-6-4-5-7-11/h10H,2-9,11H2,1H3. The van der Waals surface area contributed by atoms with Gasteiger partial charge in [-0.3, -0.25) is 4.79 Å². The van der Waals surface area contributed by atoms with Crippen LogP contribution in [0.1, 0.15) is 39.0 Å². The van der Waals surface area contributed by atoms with E-state index in [4.69, 9.17) is 5.73 Å². The summed E-state index contributed by atoms with van der Waals surface area (Å²) in [6, 6.07) is 0. The highest BCUT2D eigenvalue weighted by molar-refractivity contribution is 5.46. The molecule has 0 spiro atoms. The first-order valence-electron chi connectivity index (χ1n) is 5.24. The number of carbonyl (C=O) groups is 1. The van der Waals surface area contributed by atoms with Crippen LogP contribution < -0.4 is 5.73 Å². The number of rotatable bonds is 9. The Kier molecular flexibility index (Phi) is 9.10. The number of carbonyl (C=O) groups excluding carboxylic acids is 1. The predicted molar refractivity (Wildman–Crippen MR) is 55.5 cm³/mol. The van der Waals surface area contributed by atoms with Crippen molar-refractivity contribution in [2.75, 3.05) is 19.6 Å². The van der Waals surface area contributed by atoms with Gasteiger partial charge in [0.25, 0.3) is 0 Å². The SMILES string of the molecule is CCCCN(C=O)CCCCCN. The minimum Gasteiger partial charge on any atom is -0.345 e. The summed E-state index contributed by atoms with van der Waals surface area (Å²) in [6.45, 7) is 4.69. The number of hydrogen-bond acceptors (Lipinski definition) is 2. The second-order valence-corrected chi connectivity index (χ2v) is 3.34. The summed E-state index contributed by atoms with van der Waals surface area (Å²) in [5.41, 5.74) is 5.37. The first-order chi connectivity index (χ1) is 6.35. The zero-order valence-electron chi connectivity index (χ0n) is 8.67. The maximum Gasteiger partial charge on any atom is 0.209 e. The number of unbranched alkanes of at least 4 members (excludes halogenated alkanes) is 3. The molecule has 0 atom stereocenters. The molecule has 0 aromatic heterocycles. The fraction of sp³-hybridized carbons (Fsp3) is 0.900. The van der Waals surface area contributed by atoms with Gasteiger partial charge in [0.05, 0.1) is 0 Å². The molecule has 0 aromatic carbocycles. The molecule has 0 bridgehead atoms. The van der Waals surface area contributed by atoms with Gasteiger partial charge in [-0.2, -0.15) is 0 Å². The van der Waals surface area contributed by atoms with E-state index in [-0.39, 0.29) is 0 Å². The van der Waals surface area contributed by atoms with Crippen LogP contribution in [0.2, 0.25) is 0 Å². The Balaban J connectivity index is 3.31. The molecule has 1 amide bonds. The Morgan fingerprint density at radius 2 is 1.85 bits per heavy atom. The van der Waals surface area contributed by atoms with Crippen molar-refractivity contribution in [1.82, 2.24) is 4.90 Å². The highest BCUT2D eigenvalue weighted by Crippen LogP contribution is 1.98. The van der Waals surface area contributed by atoms with Crippen molar-refractivity contribution in [2.24, 2.45) is 5.73 Å². The van der Waals surface area contributed by atoms with Crippen LogP contribution in [0.3, 0.4) is 0 Å². The molecule has 78 valence electrons. The van der Waals surface area contributed by atoms with E-state index < -0.39 is 0 Å². The highest BCUT2D eigenvalue weighted by atomic mass is 16.1. The van der Waals surface area contributed by atoms with Crippen LogP contribution >= 0.6 is 0 Å².